The molecule has 1 heterocycles. The van der Waals surface area contributed by atoms with Gasteiger partial charge in [0, 0.05) is 26.1 Å². The van der Waals surface area contributed by atoms with Gasteiger partial charge in [0.05, 0.1) is 6.54 Å². The molecule has 5 nitrogen and oxygen atoms in total. The number of likely N-dealkylation sites (N-methyl/N-ethyl adjacent to an activating group) is 1. The molecule has 1 radical (unpaired) electrons. The van der Waals surface area contributed by atoms with Crippen LogP contribution >= 0.6 is 0 Å². The second-order valence-electron chi connectivity index (χ2n) is 4.41. The molecule has 97 valence electrons. The van der Waals surface area contributed by atoms with Crippen LogP contribution in [-0.4, -0.2) is 38.0 Å². The number of hydrogen-bond donors (Lipinski definition) is 2. The van der Waals surface area contributed by atoms with Crippen molar-refractivity contribution in [3.05, 3.63) is 0 Å². The summed E-state index contributed by atoms with van der Waals surface area (Å²) in [6.45, 7) is 4.40. The van der Waals surface area contributed by atoms with Crippen molar-refractivity contribution in [1.82, 2.24) is 16.0 Å². The molecule has 0 saturated carbocycles. The Morgan fingerprint density at radius 2 is 2.12 bits per heavy atom. The van der Waals surface area contributed by atoms with Gasteiger partial charge in [0.25, 0.3) is 0 Å². The van der Waals surface area contributed by atoms with Crippen molar-refractivity contribution in [2.45, 2.75) is 32.6 Å². The highest BCUT2D eigenvalue weighted by Gasteiger charge is 2.15. The number of carbonyl (C=O) groups excluding carboxylic acids is 2. The van der Waals surface area contributed by atoms with Gasteiger partial charge in [-0.3, -0.25) is 9.59 Å². The zero-order chi connectivity index (χ0) is 12.5. The first-order valence-electron chi connectivity index (χ1n) is 6.39. The molecule has 5 heteroatoms. The van der Waals surface area contributed by atoms with Crippen LogP contribution in [0, 0.1) is 5.92 Å². The van der Waals surface area contributed by atoms with Gasteiger partial charge in [-0.15, -0.1) is 0 Å². The minimum atomic E-state index is -0.131. The fourth-order valence-corrected chi connectivity index (χ4v) is 1.95. The molecule has 1 aliphatic heterocycles. The van der Waals surface area contributed by atoms with E-state index < -0.39 is 0 Å². The van der Waals surface area contributed by atoms with Crippen LogP contribution in [0.2, 0.25) is 0 Å². The van der Waals surface area contributed by atoms with Crippen molar-refractivity contribution in [1.29, 1.82) is 0 Å². The third kappa shape index (κ3) is 6.26. The normalized spacial score (nSPS) is 19.7. The van der Waals surface area contributed by atoms with Crippen LogP contribution in [0.4, 0.5) is 0 Å². The van der Waals surface area contributed by atoms with Crippen LogP contribution in [0.25, 0.3) is 0 Å². The van der Waals surface area contributed by atoms with Crippen LogP contribution in [0.3, 0.4) is 0 Å². The average molecular weight is 240 g/mol. The number of hydrogen-bond acceptors (Lipinski definition) is 2. The molecule has 1 atom stereocenters. The summed E-state index contributed by atoms with van der Waals surface area (Å²) >= 11 is 0. The Hall–Kier alpha value is -1.10. The van der Waals surface area contributed by atoms with E-state index in [1.807, 2.05) is 6.92 Å². The molecule has 0 bridgehead atoms. The predicted octanol–water partition coefficient (Wildman–Crippen LogP) is 0.0333. The summed E-state index contributed by atoms with van der Waals surface area (Å²) in [4.78, 5) is 22.6. The van der Waals surface area contributed by atoms with E-state index in [0.717, 1.165) is 25.9 Å². The minimum absolute atomic E-state index is 0.0400. The van der Waals surface area contributed by atoms with Crippen molar-refractivity contribution in [2.24, 2.45) is 5.92 Å². The zero-order valence-corrected chi connectivity index (χ0v) is 10.5. The fourth-order valence-electron chi connectivity index (χ4n) is 1.95. The van der Waals surface area contributed by atoms with Gasteiger partial charge in [-0.05, 0) is 32.1 Å². The maximum absolute atomic E-state index is 11.5. The summed E-state index contributed by atoms with van der Waals surface area (Å²) in [5.74, 6) is 0.384. The first kappa shape index (κ1) is 14.0. The molecular formula is C12H22N3O2. The van der Waals surface area contributed by atoms with E-state index in [0.29, 0.717) is 18.9 Å². The second kappa shape index (κ2) is 8.06. The van der Waals surface area contributed by atoms with Crippen LogP contribution in [-0.2, 0) is 9.59 Å². The Labute approximate surface area is 103 Å². The molecule has 0 spiro atoms. The summed E-state index contributed by atoms with van der Waals surface area (Å²) in [5, 5.41) is 9.60. The SMILES string of the molecule is CCNC(=O)CNC(=O)CCC1CCC[N]C1. The third-order valence-corrected chi connectivity index (χ3v) is 2.92. The molecule has 2 N–H and O–H groups in total. The Balaban J connectivity index is 2.06. The summed E-state index contributed by atoms with van der Waals surface area (Å²) < 4.78 is 0. The molecule has 1 aliphatic rings. The number of nitrogens with zero attached hydrogens (tertiary/aromatic N) is 1. The lowest BCUT2D eigenvalue weighted by molar-refractivity contribution is -0.126. The lowest BCUT2D eigenvalue weighted by Gasteiger charge is -2.20. The highest BCUT2D eigenvalue weighted by atomic mass is 16.2. The molecule has 17 heavy (non-hydrogen) atoms. The summed E-state index contributed by atoms with van der Waals surface area (Å²) in [7, 11) is 0. The molecule has 0 aromatic carbocycles. The second-order valence-corrected chi connectivity index (χ2v) is 4.41. The Kier molecular flexibility index (Phi) is 6.62. The summed E-state index contributed by atoms with van der Waals surface area (Å²) in [5.41, 5.74) is 0. The number of piperidine rings is 1. The Morgan fingerprint density at radius 1 is 1.29 bits per heavy atom. The van der Waals surface area contributed by atoms with Gasteiger partial charge in [0.15, 0.2) is 0 Å². The summed E-state index contributed by atoms with van der Waals surface area (Å²) in [6, 6.07) is 0. The smallest absolute Gasteiger partial charge is 0.239 e. The van der Waals surface area contributed by atoms with E-state index in [4.69, 9.17) is 0 Å². The van der Waals surface area contributed by atoms with Crippen molar-refractivity contribution >= 4 is 11.8 Å². The minimum Gasteiger partial charge on any atom is -0.355 e. The number of amides is 2. The Morgan fingerprint density at radius 3 is 2.76 bits per heavy atom. The molecule has 1 saturated heterocycles. The highest BCUT2D eigenvalue weighted by molar-refractivity contribution is 5.84. The average Bonchev–Trinajstić information content (AvgIpc) is 2.35. The Bertz CT molecular complexity index is 250. The quantitative estimate of drug-likeness (QED) is 0.687. The van der Waals surface area contributed by atoms with Gasteiger partial charge < -0.3 is 10.6 Å². The molecule has 1 unspecified atom stereocenters. The first-order valence-corrected chi connectivity index (χ1v) is 6.39. The van der Waals surface area contributed by atoms with Crippen molar-refractivity contribution in [3.63, 3.8) is 0 Å². The zero-order valence-electron chi connectivity index (χ0n) is 10.5. The van der Waals surface area contributed by atoms with Gasteiger partial charge in [0.1, 0.15) is 0 Å². The van der Waals surface area contributed by atoms with E-state index in [1.165, 1.54) is 6.42 Å². The van der Waals surface area contributed by atoms with Crippen LogP contribution in [0.1, 0.15) is 32.6 Å². The maximum Gasteiger partial charge on any atom is 0.239 e. The van der Waals surface area contributed by atoms with Crippen LogP contribution in [0.15, 0.2) is 0 Å². The van der Waals surface area contributed by atoms with Crippen molar-refractivity contribution in [2.75, 3.05) is 26.2 Å². The van der Waals surface area contributed by atoms with E-state index in [2.05, 4.69) is 16.0 Å². The van der Waals surface area contributed by atoms with Crippen LogP contribution in [0.5, 0.6) is 0 Å². The number of nitrogens with one attached hydrogen (secondary N) is 2. The summed E-state index contributed by atoms with van der Waals surface area (Å²) in [6.07, 6.45) is 3.70. The van der Waals surface area contributed by atoms with E-state index in [9.17, 15) is 9.59 Å². The van der Waals surface area contributed by atoms with E-state index in [1.54, 1.807) is 0 Å². The molecule has 2 amide bonds. The standard InChI is InChI=1S/C12H22N3O2/c1-2-14-12(17)9-15-11(16)6-5-10-4-3-7-13-8-10/h10H,2-9H2,1H3,(H,14,17)(H,15,16). The molecule has 0 aliphatic carbocycles. The largest absolute Gasteiger partial charge is 0.355 e. The van der Waals surface area contributed by atoms with E-state index >= 15 is 0 Å². The molecule has 0 aromatic heterocycles. The molecule has 0 aromatic rings. The molecule has 1 fully saturated rings. The van der Waals surface area contributed by atoms with Crippen LogP contribution < -0.4 is 16.0 Å². The van der Waals surface area contributed by atoms with Gasteiger partial charge in [0.2, 0.25) is 11.8 Å². The van der Waals surface area contributed by atoms with Gasteiger partial charge in [-0.2, -0.15) is 0 Å². The number of carbonyl (C=O) groups is 2. The van der Waals surface area contributed by atoms with Gasteiger partial charge in [-0.25, -0.2) is 5.32 Å². The lowest BCUT2D eigenvalue weighted by Crippen LogP contribution is -2.37. The van der Waals surface area contributed by atoms with Crippen molar-refractivity contribution in [3.8, 4) is 0 Å². The predicted molar refractivity (Wildman–Crippen MR) is 65.5 cm³/mol. The first-order chi connectivity index (χ1) is 8.22. The maximum atomic E-state index is 11.5. The van der Waals surface area contributed by atoms with Crippen molar-refractivity contribution < 1.29 is 9.59 Å². The van der Waals surface area contributed by atoms with Gasteiger partial charge in [-0.1, -0.05) is 0 Å². The highest BCUT2D eigenvalue weighted by Crippen LogP contribution is 2.16. The van der Waals surface area contributed by atoms with E-state index in [-0.39, 0.29) is 18.4 Å². The molecular weight excluding hydrogens is 218 g/mol. The topological polar surface area (TPSA) is 72.3 Å². The third-order valence-electron chi connectivity index (χ3n) is 2.92. The fraction of sp³-hybridized carbons (Fsp3) is 0.833. The number of rotatable bonds is 6. The molecule has 1 rings (SSSR count). The van der Waals surface area contributed by atoms with Gasteiger partial charge >= 0.3 is 0 Å². The monoisotopic (exact) mass is 240 g/mol. The lowest BCUT2D eigenvalue weighted by atomic mass is 9.94.